The van der Waals surface area contributed by atoms with Crippen molar-refractivity contribution < 1.29 is 12.6 Å². The van der Waals surface area contributed by atoms with Crippen LogP contribution in [0.3, 0.4) is 0 Å². The number of hydrogen-bond donors (Lipinski definition) is 0. The molecule has 0 saturated carbocycles. The molecule has 5 nitrogen and oxygen atoms in total. The van der Waals surface area contributed by atoms with Crippen LogP contribution < -0.4 is 4.18 Å². The monoisotopic (exact) mass is 314 g/mol. The molecule has 7 heteroatoms. The van der Waals surface area contributed by atoms with Crippen LogP contribution in [-0.4, -0.2) is 68.8 Å². The molecule has 0 spiro atoms. The minimum absolute atomic E-state index is 0. The molecule has 0 aliphatic heterocycles. The molecule has 20 heavy (non-hydrogen) atoms. The second kappa shape index (κ2) is 6.38. The average molecular weight is 314 g/mol. The van der Waals surface area contributed by atoms with Crippen molar-refractivity contribution in [3.8, 4) is 5.75 Å². The Morgan fingerprint density at radius 2 is 1.60 bits per heavy atom. The van der Waals surface area contributed by atoms with Gasteiger partial charge in [0.25, 0.3) is 0 Å². The fraction of sp³-hybridized carbons (Fsp3) is 0. The molecule has 1 aromatic heterocycles. The summed E-state index contributed by atoms with van der Waals surface area (Å²) < 4.78 is 30.4. The summed E-state index contributed by atoms with van der Waals surface area (Å²) in [7, 11) is -3.94. The summed E-state index contributed by atoms with van der Waals surface area (Å²) in [5.74, 6) is 0.264. The third kappa shape index (κ3) is 3.13. The first kappa shape index (κ1) is 15.7. The molecule has 0 N–H and O–H groups in total. The maximum atomic E-state index is 12.2. The molecule has 0 unspecified atom stereocenters. The SMILES string of the molecule is O=S(=O)(Oc1ccccc1)n1cnc2ccccc21.[KH]. The van der Waals surface area contributed by atoms with Crippen LogP contribution in [0.5, 0.6) is 5.75 Å². The van der Waals surface area contributed by atoms with Gasteiger partial charge in [0, 0.05) is 0 Å². The van der Waals surface area contributed by atoms with Gasteiger partial charge in [0.1, 0.15) is 12.1 Å². The summed E-state index contributed by atoms with van der Waals surface area (Å²) >= 11 is 0. The van der Waals surface area contributed by atoms with Gasteiger partial charge in [-0.3, -0.25) is 0 Å². The third-order valence-electron chi connectivity index (χ3n) is 2.61. The van der Waals surface area contributed by atoms with Crippen LogP contribution in [-0.2, 0) is 10.3 Å². The van der Waals surface area contributed by atoms with Gasteiger partial charge in [0.05, 0.1) is 11.0 Å². The van der Waals surface area contributed by atoms with E-state index in [9.17, 15) is 8.42 Å². The number of para-hydroxylation sites is 3. The van der Waals surface area contributed by atoms with E-state index in [-0.39, 0.29) is 57.1 Å². The summed E-state index contributed by atoms with van der Waals surface area (Å²) in [6.07, 6.45) is 1.24. The molecule has 0 amide bonds. The molecule has 0 radical (unpaired) electrons. The van der Waals surface area contributed by atoms with Crippen molar-refractivity contribution >= 4 is 72.7 Å². The predicted molar refractivity (Wildman–Crippen MR) is 78.3 cm³/mol. The summed E-state index contributed by atoms with van der Waals surface area (Å²) in [5, 5.41) is 0. The van der Waals surface area contributed by atoms with E-state index >= 15 is 0 Å². The quantitative estimate of drug-likeness (QED) is 0.688. The topological polar surface area (TPSA) is 61.2 Å². The van der Waals surface area contributed by atoms with Crippen molar-refractivity contribution in [3.05, 3.63) is 60.9 Å². The fourth-order valence-electron chi connectivity index (χ4n) is 1.75. The first-order chi connectivity index (χ1) is 9.17. The second-order valence-corrected chi connectivity index (χ2v) is 5.30. The van der Waals surface area contributed by atoms with Crippen molar-refractivity contribution in [1.29, 1.82) is 0 Å². The summed E-state index contributed by atoms with van der Waals surface area (Å²) in [4.78, 5) is 4.03. The van der Waals surface area contributed by atoms with E-state index in [4.69, 9.17) is 4.18 Å². The molecule has 1 heterocycles. The van der Waals surface area contributed by atoms with Gasteiger partial charge >= 0.3 is 61.7 Å². The van der Waals surface area contributed by atoms with Gasteiger partial charge in [-0.1, -0.05) is 30.3 Å². The Kier molecular flexibility index (Phi) is 5.00. The Morgan fingerprint density at radius 1 is 0.950 bits per heavy atom. The molecule has 0 aliphatic rings. The van der Waals surface area contributed by atoms with E-state index in [1.54, 1.807) is 54.6 Å². The molecule has 0 fully saturated rings. The normalized spacial score (nSPS) is 11.0. The van der Waals surface area contributed by atoms with Crippen molar-refractivity contribution in [2.24, 2.45) is 0 Å². The molecule has 98 valence electrons. The van der Waals surface area contributed by atoms with Gasteiger partial charge in [-0.25, -0.2) is 4.98 Å². The van der Waals surface area contributed by atoms with Crippen molar-refractivity contribution in [2.45, 2.75) is 0 Å². The Bertz CT molecular complexity index is 816. The second-order valence-electron chi connectivity index (χ2n) is 3.88. The van der Waals surface area contributed by atoms with E-state index in [2.05, 4.69) is 4.98 Å². The van der Waals surface area contributed by atoms with Crippen molar-refractivity contribution in [3.63, 3.8) is 0 Å². The van der Waals surface area contributed by atoms with Crippen LogP contribution in [0.2, 0.25) is 0 Å². The van der Waals surface area contributed by atoms with Crippen molar-refractivity contribution in [2.75, 3.05) is 0 Å². The van der Waals surface area contributed by atoms with Gasteiger partial charge in [0.15, 0.2) is 0 Å². The number of hydrogen-bond acceptors (Lipinski definition) is 4. The number of imidazole rings is 1. The number of benzene rings is 2. The van der Waals surface area contributed by atoms with Crippen LogP contribution >= 0.6 is 0 Å². The van der Waals surface area contributed by atoms with E-state index in [0.29, 0.717) is 11.0 Å². The molecular weight excluding hydrogens is 303 g/mol. The van der Waals surface area contributed by atoms with Crippen molar-refractivity contribution in [1.82, 2.24) is 8.96 Å². The van der Waals surface area contributed by atoms with Gasteiger partial charge < -0.3 is 4.18 Å². The molecule has 0 bridgehead atoms. The van der Waals surface area contributed by atoms with E-state index in [0.717, 1.165) is 3.97 Å². The first-order valence-corrected chi connectivity index (χ1v) is 6.95. The van der Waals surface area contributed by atoms with Gasteiger partial charge in [-0.2, -0.15) is 12.4 Å². The number of aromatic nitrogens is 2. The number of rotatable bonds is 3. The molecule has 0 aliphatic carbocycles. The summed E-state index contributed by atoms with van der Waals surface area (Å²) in [6.45, 7) is 0. The van der Waals surface area contributed by atoms with E-state index in [1.807, 2.05) is 0 Å². The van der Waals surface area contributed by atoms with Crippen LogP contribution in [0.4, 0.5) is 0 Å². The van der Waals surface area contributed by atoms with Gasteiger partial charge in [-0.05, 0) is 24.3 Å². The number of fused-ring (bicyclic) bond motifs is 1. The number of nitrogens with zero attached hydrogens (tertiary/aromatic N) is 2. The third-order valence-corrected chi connectivity index (χ3v) is 3.78. The Hall–Kier alpha value is -0.704. The molecule has 0 saturated heterocycles. The van der Waals surface area contributed by atoms with Crippen LogP contribution in [0.25, 0.3) is 11.0 Å². The zero-order chi connectivity index (χ0) is 13.3. The summed E-state index contributed by atoms with van der Waals surface area (Å²) in [5.41, 5.74) is 1.08. The van der Waals surface area contributed by atoms with Crippen LogP contribution in [0.15, 0.2) is 60.9 Å². The zero-order valence-electron chi connectivity index (χ0n) is 9.80. The Balaban J connectivity index is 0.00000147. The Labute approximate surface area is 159 Å². The molecule has 3 rings (SSSR count). The molecule has 2 aromatic carbocycles. The molecule has 0 atom stereocenters. The fourth-order valence-corrected chi connectivity index (χ4v) is 2.75. The molecule has 3 aromatic rings. The van der Waals surface area contributed by atoms with Gasteiger partial charge in [-0.15, -0.1) is 0 Å². The standard InChI is InChI=1S/C13H10N2O3S.K.H/c16-19(17,18-11-6-2-1-3-7-11)15-10-14-12-8-4-5-9-13(12)15;;/h1-10H;;. The van der Waals surface area contributed by atoms with Gasteiger partial charge in [0.2, 0.25) is 0 Å². The predicted octanol–water partition coefficient (Wildman–Crippen LogP) is 1.56. The van der Waals surface area contributed by atoms with E-state index < -0.39 is 10.3 Å². The average Bonchev–Trinajstić information content (AvgIpc) is 2.84. The summed E-state index contributed by atoms with van der Waals surface area (Å²) in [6, 6.07) is 15.3. The van der Waals surface area contributed by atoms with Crippen LogP contribution in [0.1, 0.15) is 0 Å². The molecular formula is C13H11KN2O3S. The Morgan fingerprint density at radius 3 is 2.35 bits per heavy atom. The first-order valence-electron chi connectivity index (χ1n) is 5.59. The van der Waals surface area contributed by atoms with Crippen LogP contribution in [0, 0.1) is 0 Å². The minimum atomic E-state index is -3.94. The zero-order valence-corrected chi connectivity index (χ0v) is 10.6. The maximum absolute atomic E-state index is 12.2. The van der Waals surface area contributed by atoms with E-state index in [1.165, 1.54) is 6.33 Å².